The molecule has 2 aromatic carbocycles. The third-order valence-electron chi connectivity index (χ3n) is 8.10. The van der Waals surface area contributed by atoms with Crippen LogP contribution in [0.25, 0.3) is 27.6 Å². The fourth-order valence-electron chi connectivity index (χ4n) is 5.67. The number of rotatable bonds is 7. The molecule has 11 nitrogen and oxygen atoms in total. The van der Waals surface area contributed by atoms with Gasteiger partial charge in [-0.25, -0.2) is 4.39 Å². The molecule has 0 aliphatic carbocycles. The number of likely N-dealkylation sites (N-methyl/N-ethyl adjacent to an activating group) is 1. The van der Waals surface area contributed by atoms with E-state index in [1.54, 1.807) is 53.2 Å². The molecule has 0 atom stereocenters. The minimum Gasteiger partial charge on any atom is -0.496 e. The highest BCUT2D eigenvalue weighted by molar-refractivity contribution is 6.06. The second-order valence-electron chi connectivity index (χ2n) is 10.7. The summed E-state index contributed by atoms with van der Waals surface area (Å²) in [5.41, 5.74) is 2.83. The molecule has 1 fully saturated rings. The number of carbonyl (C=O) groups is 3. The first-order chi connectivity index (χ1) is 20.8. The molecule has 4 aromatic rings. The zero-order valence-corrected chi connectivity index (χ0v) is 24.0. The molecule has 0 radical (unpaired) electrons. The highest BCUT2D eigenvalue weighted by Gasteiger charge is 2.29. The molecule has 0 unspecified atom stereocenters. The number of hydrogen-bond acceptors (Lipinski definition) is 6. The van der Waals surface area contributed by atoms with Gasteiger partial charge in [-0.3, -0.25) is 19.1 Å². The van der Waals surface area contributed by atoms with Gasteiger partial charge in [-0.15, -0.1) is 5.10 Å². The van der Waals surface area contributed by atoms with E-state index in [0.717, 1.165) is 5.56 Å². The number of nitrogens with zero attached hydrogens (tertiary/aromatic N) is 6. The molecular weight excluding hydrogens is 553 g/mol. The Kier molecular flexibility index (Phi) is 7.66. The summed E-state index contributed by atoms with van der Waals surface area (Å²) in [4.78, 5) is 46.6. The lowest BCUT2D eigenvalue weighted by Crippen LogP contribution is -2.50. The highest BCUT2D eigenvalue weighted by atomic mass is 19.1. The molecule has 2 aromatic heterocycles. The number of halogens is 1. The van der Waals surface area contributed by atoms with Crippen molar-refractivity contribution in [2.75, 3.05) is 46.9 Å². The monoisotopic (exact) mass is 585 g/mol. The predicted molar refractivity (Wildman–Crippen MR) is 158 cm³/mol. The van der Waals surface area contributed by atoms with Gasteiger partial charge in [0.15, 0.2) is 5.82 Å². The number of aryl methyl sites for hydroxylation is 1. The largest absolute Gasteiger partial charge is 0.496 e. The smallest absolute Gasteiger partial charge is 0.270 e. The lowest BCUT2D eigenvalue weighted by Gasteiger charge is -2.31. The van der Waals surface area contributed by atoms with E-state index in [9.17, 15) is 14.4 Å². The van der Waals surface area contributed by atoms with Gasteiger partial charge in [0.1, 0.15) is 18.0 Å². The van der Waals surface area contributed by atoms with Crippen molar-refractivity contribution in [2.45, 2.75) is 19.4 Å². The van der Waals surface area contributed by atoms with Gasteiger partial charge in [0.05, 0.1) is 25.4 Å². The Labute approximate surface area is 247 Å². The number of nitrogens with one attached hydrogen (secondary N) is 1. The molecule has 2 aliphatic heterocycles. The fourth-order valence-corrected chi connectivity index (χ4v) is 5.67. The average Bonchev–Trinajstić information content (AvgIpc) is 3.72. The average molecular weight is 586 g/mol. The number of aromatic amines is 1. The summed E-state index contributed by atoms with van der Waals surface area (Å²) in [5.74, 6) is -0.482. The molecule has 43 heavy (non-hydrogen) atoms. The molecular formula is C31H32FN7O4. The maximum atomic E-state index is 16.4. The summed E-state index contributed by atoms with van der Waals surface area (Å²) in [7, 11) is 3.28. The fraction of sp³-hybridized carbons (Fsp3) is 0.323. The maximum absolute atomic E-state index is 16.4. The Balaban J connectivity index is 1.38. The van der Waals surface area contributed by atoms with Crippen LogP contribution in [0.3, 0.4) is 0 Å². The number of hydrogen-bond donors (Lipinski definition) is 1. The number of benzene rings is 2. The minimum atomic E-state index is -0.509. The predicted octanol–water partition coefficient (Wildman–Crippen LogP) is 3.19. The first-order valence-electron chi connectivity index (χ1n) is 14.2. The van der Waals surface area contributed by atoms with Crippen molar-refractivity contribution in [2.24, 2.45) is 0 Å². The summed E-state index contributed by atoms with van der Waals surface area (Å²) in [5, 5.41) is 8.21. The zero-order chi connectivity index (χ0) is 30.1. The van der Waals surface area contributed by atoms with Crippen LogP contribution in [0.1, 0.15) is 28.9 Å². The Hall–Kier alpha value is -5.00. The molecule has 2 aliphatic rings. The van der Waals surface area contributed by atoms with Crippen LogP contribution in [-0.2, 0) is 16.1 Å². The first kappa shape index (κ1) is 28.1. The molecule has 0 spiro atoms. The Morgan fingerprint density at radius 3 is 2.65 bits per heavy atom. The van der Waals surface area contributed by atoms with E-state index >= 15 is 4.39 Å². The molecule has 1 saturated heterocycles. The van der Waals surface area contributed by atoms with Gasteiger partial charge in [-0.1, -0.05) is 29.5 Å². The standard InChI is InChI=1S/C31H32FN7O4/c1-36-14-15-38(19-28(36)41)31(42)25-17-24-23(21-7-3-4-8-26(21)43-2)16-22(29(32)30(24)34-25)20-6-5-11-37(18-20)27(40)9-12-39-13-10-33-35-39/h3-4,6-8,10,13,16-17,34H,5,9,11-12,14-15,18-19H2,1-2H3. The van der Waals surface area contributed by atoms with E-state index < -0.39 is 5.82 Å². The number of aromatic nitrogens is 4. The summed E-state index contributed by atoms with van der Waals surface area (Å²) in [6.07, 6.45) is 6.06. The Bertz CT molecular complexity index is 1730. The number of amides is 3. The van der Waals surface area contributed by atoms with E-state index in [1.165, 1.54) is 4.90 Å². The van der Waals surface area contributed by atoms with Crippen molar-refractivity contribution in [3.63, 3.8) is 0 Å². The molecule has 1 N–H and O–H groups in total. The zero-order valence-electron chi connectivity index (χ0n) is 24.0. The van der Waals surface area contributed by atoms with Crippen molar-refractivity contribution in [3.05, 3.63) is 71.9 Å². The van der Waals surface area contributed by atoms with E-state index in [4.69, 9.17) is 4.74 Å². The minimum absolute atomic E-state index is 0.0363. The van der Waals surface area contributed by atoms with Gasteiger partial charge in [-0.2, -0.15) is 0 Å². The number of methoxy groups -OCH3 is 1. The van der Waals surface area contributed by atoms with Gasteiger partial charge in [-0.05, 0) is 35.8 Å². The molecule has 222 valence electrons. The van der Waals surface area contributed by atoms with Crippen LogP contribution in [0.15, 0.2) is 54.9 Å². The van der Waals surface area contributed by atoms with Crippen molar-refractivity contribution in [1.82, 2.24) is 34.7 Å². The second kappa shape index (κ2) is 11.7. The lowest BCUT2D eigenvalue weighted by atomic mass is 9.93. The van der Waals surface area contributed by atoms with Crippen LogP contribution in [0.4, 0.5) is 4.39 Å². The third kappa shape index (κ3) is 5.47. The molecule has 0 saturated carbocycles. The van der Waals surface area contributed by atoms with Gasteiger partial charge in [0, 0.05) is 62.4 Å². The Morgan fingerprint density at radius 2 is 1.88 bits per heavy atom. The molecule has 4 heterocycles. The lowest BCUT2D eigenvalue weighted by molar-refractivity contribution is -0.133. The van der Waals surface area contributed by atoms with Crippen LogP contribution < -0.4 is 4.74 Å². The normalized spacial score (nSPS) is 15.7. The number of para-hydroxylation sites is 1. The van der Waals surface area contributed by atoms with Crippen molar-refractivity contribution >= 4 is 34.2 Å². The number of fused-ring (bicyclic) bond motifs is 1. The summed E-state index contributed by atoms with van der Waals surface area (Å²) < 4.78 is 23.7. The van der Waals surface area contributed by atoms with E-state index in [1.807, 2.05) is 30.3 Å². The highest BCUT2D eigenvalue weighted by Crippen LogP contribution is 2.40. The number of carbonyl (C=O) groups excluding carboxylic acids is 3. The summed E-state index contributed by atoms with van der Waals surface area (Å²) in [6, 6.07) is 10.9. The summed E-state index contributed by atoms with van der Waals surface area (Å²) in [6.45, 7) is 1.97. The first-order valence-corrected chi connectivity index (χ1v) is 14.2. The third-order valence-corrected chi connectivity index (χ3v) is 8.10. The van der Waals surface area contributed by atoms with E-state index in [-0.39, 0.29) is 48.4 Å². The molecule has 6 rings (SSSR count). The van der Waals surface area contributed by atoms with Gasteiger partial charge in [0.25, 0.3) is 5.91 Å². The maximum Gasteiger partial charge on any atom is 0.270 e. The van der Waals surface area contributed by atoms with Crippen LogP contribution >= 0.6 is 0 Å². The quantitative estimate of drug-likeness (QED) is 0.356. The van der Waals surface area contributed by atoms with Crippen LogP contribution in [0.2, 0.25) is 0 Å². The molecule has 12 heteroatoms. The van der Waals surface area contributed by atoms with Crippen molar-refractivity contribution < 1.29 is 23.5 Å². The van der Waals surface area contributed by atoms with Gasteiger partial charge >= 0.3 is 0 Å². The van der Waals surface area contributed by atoms with Gasteiger partial charge in [0.2, 0.25) is 11.8 Å². The topological polar surface area (TPSA) is 117 Å². The van der Waals surface area contributed by atoms with Crippen molar-refractivity contribution in [3.8, 4) is 16.9 Å². The molecule has 3 amide bonds. The van der Waals surface area contributed by atoms with Crippen LogP contribution in [0, 0.1) is 5.82 Å². The SMILES string of the molecule is COc1ccccc1-c1cc(C2=CCCN(C(=O)CCn3ccnn3)C2)c(F)c2[nH]c(C(=O)N3CCN(C)C(=O)C3)cc12. The second-order valence-corrected chi connectivity index (χ2v) is 10.7. The Morgan fingerprint density at radius 1 is 1.05 bits per heavy atom. The summed E-state index contributed by atoms with van der Waals surface area (Å²) >= 11 is 0. The van der Waals surface area contributed by atoms with E-state index in [0.29, 0.717) is 60.4 Å². The number of H-pyrrole nitrogens is 1. The number of piperazine rings is 1. The van der Waals surface area contributed by atoms with E-state index in [2.05, 4.69) is 15.3 Å². The molecule has 0 bridgehead atoms. The van der Waals surface area contributed by atoms with Crippen LogP contribution in [-0.4, -0.2) is 99.3 Å². The van der Waals surface area contributed by atoms with Gasteiger partial charge < -0.3 is 24.4 Å². The van der Waals surface area contributed by atoms with Crippen molar-refractivity contribution in [1.29, 1.82) is 0 Å². The number of ether oxygens (including phenoxy) is 1. The van der Waals surface area contributed by atoms with Crippen LogP contribution in [0.5, 0.6) is 5.75 Å².